The van der Waals surface area contributed by atoms with Crippen molar-refractivity contribution in [2.75, 3.05) is 26.7 Å². The zero-order chi connectivity index (χ0) is 8.97. The first kappa shape index (κ1) is 12.7. The number of rotatable bonds is 2. The van der Waals surface area contributed by atoms with Crippen molar-refractivity contribution in [2.24, 2.45) is 5.92 Å². The highest BCUT2D eigenvalue weighted by atomic mass is 35.5. The van der Waals surface area contributed by atoms with Gasteiger partial charge in [-0.3, -0.25) is 4.79 Å². The van der Waals surface area contributed by atoms with Crippen molar-refractivity contribution in [3.63, 3.8) is 0 Å². The van der Waals surface area contributed by atoms with Crippen LogP contribution < -0.4 is 5.32 Å². The van der Waals surface area contributed by atoms with Crippen LogP contribution in [0.1, 0.15) is 19.8 Å². The first-order valence-electron chi connectivity index (χ1n) is 4.66. The van der Waals surface area contributed by atoms with Crippen LogP contribution in [0, 0.1) is 5.92 Å². The van der Waals surface area contributed by atoms with E-state index in [4.69, 9.17) is 0 Å². The Hall–Kier alpha value is -0.280. The smallest absolute Gasteiger partial charge is 0.236 e. The molecule has 1 atom stereocenters. The van der Waals surface area contributed by atoms with Gasteiger partial charge in [0.25, 0.3) is 0 Å². The van der Waals surface area contributed by atoms with E-state index < -0.39 is 0 Å². The molecular weight excluding hydrogens is 188 g/mol. The highest BCUT2D eigenvalue weighted by molar-refractivity contribution is 5.85. The van der Waals surface area contributed by atoms with Crippen molar-refractivity contribution in [1.82, 2.24) is 10.2 Å². The molecule has 1 N–H and O–H groups in total. The number of likely N-dealkylation sites (N-methyl/N-ethyl adjacent to an activating group) is 1. The molecule has 78 valence electrons. The molecule has 0 aromatic carbocycles. The maximum atomic E-state index is 11.4. The lowest BCUT2D eigenvalue weighted by molar-refractivity contribution is -0.131. The van der Waals surface area contributed by atoms with Gasteiger partial charge in [-0.25, -0.2) is 0 Å². The predicted octanol–water partition coefficient (Wildman–Crippen LogP) is 0.886. The zero-order valence-corrected chi connectivity index (χ0v) is 9.19. The Labute approximate surface area is 86.3 Å². The number of nitrogens with one attached hydrogen (secondary N) is 1. The summed E-state index contributed by atoms with van der Waals surface area (Å²) in [6, 6.07) is 0. The molecule has 1 amide bonds. The van der Waals surface area contributed by atoms with Crippen LogP contribution >= 0.6 is 12.4 Å². The van der Waals surface area contributed by atoms with Gasteiger partial charge in [0.2, 0.25) is 5.91 Å². The van der Waals surface area contributed by atoms with Crippen LogP contribution in [0.2, 0.25) is 0 Å². The first-order valence-corrected chi connectivity index (χ1v) is 4.66. The fraction of sp³-hybridized carbons (Fsp3) is 0.889. The summed E-state index contributed by atoms with van der Waals surface area (Å²) >= 11 is 0. The van der Waals surface area contributed by atoms with Gasteiger partial charge in [0.05, 0.1) is 6.54 Å². The minimum atomic E-state index is 0. The average Bonchev–Trinajstić information content (AvgIpc) is 2.05. The third-order valence-electron chi connectivity index (χ3n) is 2.34. The number of amides is 1. The lowest BCUT2D eigenvalue weighted by atomic mass is 10.0. The Morgan fingerprint density at radius 1 is 1.62 bits per heavy atom. The van der Waals surface area contributed by atoms with Gasteiger partial charge < -0.3 is 10.2 Å². The van der Waals surface area contributed by atoms with Gasteiger partial charge in [0.1, 0.15) is 0 Å². The van der Waals surface area contributed by atoms with E-state index in [0.29, 0.717) is 12.5 Å². The van der Waals surface area contributed by atoms with Crippen molar-refractivity contribution in [3.8, 4) is 0 Å². The number of carbonyl (C=O) groups is 1. The van der Waals surface area contributed by atoms with Crippen LogP contribution in [0.3, 0.4) is 0 Å². The zero-order valence-electron chi connectivity index (χ0n) is 8.38. The van der Waals surface area contributed by atoms with E-state index >= 15 is 0 Å². The molecule has 13 heavy (non-hydrogen) atoms. The molecule has 3 nitrogen and oxygen atoms in total. The minimum Gasteiger partial charge on any atom is -0.341 e. The summed E-state index contributed by atoms with van der Waals surface area (Å²) in [6.45, 7) is 4.58. The summed E-state index contributed by atoms with van der Waals surface area (Å²) in [5, 5.41) is 2.89. The average molecular weight is 207 g/mol. The van der Waals surface area contributed by atoms with E-state index in [1.807, 2.05) is 11.9 Å². The SMILES string of the molecule is CNCC(=O)N1CCC[C@H](C)C1.Cl. The van der Waals surface area contributed by atoms with Gasteiger partial charge in [0.15, 0.2) is 0 Å². The maximum absolute atomic E-state index is 11.4. The Kier molecular flexibility index (Phi) is 6.08. The molecular formula is C9H19ClN2O. The lowest BCUT2D eigenvalue weighted by Crippen LogP contribution is -2.42. The molecule has 4 heteroatoms. The van der Waals surface area contributed by atoms with E-state index in [0.717, 1.165) is 19.5 Å². The molecule has 0 aromatic heterocycles. The standard InChI is InChI=1S/C9H18N2O.ClH/c1-8-4-3-5-11(7-8)9(12)6-10-2;/h8,10H,3-7H2,1-2H3;1H/t8-;/m0./s1. The van der Waals surface area contributed by atoms with Crippen LogP contribution in [-0.2, 0) is 4.79 Å². The third-order valence-corrected chi connectivity index (χ3v) is 2.34. The van der Waals surface area contributed by atoms with Gasteiger partial charge in [-0.05, 0) is 25.8 Å². The van der Waals surface area contributed by atoms with E-state index in [1.165, 1.54) is 6.42 Å². The topological polar surface area (TPSA) is 32.3 Å². The number of hydrogen-bond acceptors (Lipinski definition) is 2. The van der Waals surface area contributed by atoms with Crippen molar-refractivity contribution in [2.45, 2.75) is 19.8 Å². The second kappa shape index (κ2) is 6.22. The van der Waals surface area contributed by atoms with Crippen LogP contribution in [0.15, 0.2) is 0 Å². The highest BCUT2D eigenvalue weighted by Gasteiger charge is 2.19. The Morgan fingerprint density at radius 3 is 2.85 bits per heavy atom. The van der Waals surface area contributed by atoms with Crippen LogP contribution in [0.25, 0.3) is 0 Å². The van der Waals surface area contributed by atoms with Gasteiger partial charge >= 0.3 is 0 Å². The number of piperidine rings is 1. The first-order chi connectivity index (χ1) is 5.74. The lowest BCUT2D eigenvalue weighted by Gasteiger charge is -2.30. The highest BCUT2D eigenvalue weighted by Crippen LogP contribution is 2.14. The third kappa shape index (κ3) is 3.96. The van der Waals surface area contributed by atoms with Crippen molar-refractivity contribution in [1.29, 1.82) is 0 Å². The predicted molar refractivity (Wildman–Crippen MR) is 56.2 cm³/mol. The van der Waals surface area contributed by atoms with Gasteiger partial charge in [-0.1, -0.05) is 6.92 Å². The number of halogens is 1. The summed E-state index contributed by atoms with van der Waals surface area (Å²) in [6.07, 6.45) is 2.43. The summed E-state index contributed by atoms with van der Waals surface area (Å²) in [5.74, 6) is 0.920. The molecule has 0 radical (unpaired) electrons. The van der Waals surface area contributed by atoms with Gasteiger partial charge in [-0.15, -0.1) is 12.4 Å². The second-order valence-corrected chi connectivity index (χ2v) is 3.62. The molecule has 1 fully saturated rings. The maximum Gasteiger partial charge on any atom is 0.236 e. The van der Waals surface area contributed by atoms with Crippen LogP contribution in [0.5, 0.6) is 0 Å². The van der Waals surface area contributed by atoms with Crippen molar-refractivity contribution < 1.29 is 4.79 Å². The van der Waals surface area contributed by atoms with E-state index in [-0.39, 0.29) is 18.3 Å². The van der Waals surface area contributed by atoms with Gasteiger partial charge in [-0.2, -0.15) is 0 Å². The Balaban J connectivity index is 0.00000144. The number of carbonyl (C=O) groups excluding carboxylic acids is 1. The molecule has 0 aliphatic carbocycles. The summed E-state index contributed by atoms with van der Waals surface area (Å²) < 4.78 is 0. The molecule has 1 rings (SSSR count). The molecule has 0 bridgehead atoms. The van der Waals surface area contributed by atoms with E-state index in [1.54, 1.807) is 0 Å². The van der Waals surface area contributed by atoms with Gasteiger partial charge in [0, 0.05) is 13.1 Å². The second-order valence-electron chi connectivity index (χ2n) is 3.62. The van der Waals surface area contributed by atoms with Crippen LogP contribution in [0.4, 0.5) is 0 Å². The fourth-order valence-corrected chi connectivity index (χ4v) is 1.68. The molecule has 1 aliphatic rings. The van der Waals surface area contributed by atoms with Crippen molar-refractivity contribution in [3.05, 3.63) is 0 Å². The molecule has 0 spiro atoms. The fourth-order valence-electron chi connectivity index (χ4n) is 1.68. The molecule has 0 saturated carbocycles. The largest absolute Gasteiger partial charge is 0.341 e. The summed E-state index contributed by atoms with van der Waals surface area (Å²) in [4.78, 5) is 13.4. The molecule has 1 saturated heterocycles. The molecule has 1 heterocycles. The van der Waals surface area contributed by atoms with E-state index in [9.17, 15) is 4.79 Å². The van der Waals surface area contributed by atoms with Crippen LogP contribution in [-0.4, -0.2) is 37.5 Å². The van der Waals surface area contributed by atoms with Crippen molar-refractivity contribution >= 4 is 18.3 Å². The molecule has 1 aliphatic heterocycles. The molecule has 0 aromatic rings. The van der Waals surface area contributed by atoms with E-state index in [2.05, 4.69) is 12.2 Å². The number of likely N-dealkylation sites (tertiary alicyclic amines) is 1. The minimum absolute atomic E-state index is 0. The molecule has 0 unspecified atom stereocenters. The summed E-state index contributed by atoms with van der Waals surface area (Å²) in [7, 11) is 1.81. The Morgan fingerprint density at radius 2 is 2.31 bits per heavy atom. The normalized spacial score (nSPS) is 22.3. The summed E-state index contributed by atoms with van der Waals surface area (Å²) in [5.41, 5.74) is 0. The number of nitrogens with zero attached hydrogens (tertiary/aromatic N) is 1. The Bertz CT molecular complexity index is 164. The monoisotopic (exact) mass is 206 g/mol. The quantitative estimate of drug-likeness (QED) is 0.728. The number of hydrogen-bond donors (Lipinski definition) is 1.